The van der Waals surface area contributed by atoms with Gasteiger partial charge in [0.1, 0.15) is 6.04 Å². The predicted molar refractivity (Wildman–Crippen MR) is 85.4 cm³/mol. The van der Waals surface area contributed by atoms with Crippen molar-refractivity contribution < 1.29 is 14.3 Å². The molecule has 0 aliphatic heterocycles. The van der Waals surface area contributed by atoms with Gasteiger partial charge in [-0.05, 0) is 18.9 Å². The van der Waals surface area contributed by atoms with Crippen LogP contribution in [-0.4, -0.2) is 37.7 Å². The van der Waals surface area contributed by atoms with Crippen LogP contribution >= 0.6 is 0 Å². The van der Waals surface area contributed by atoms with Crippen molar-refractivity contribution in [3.05, 3.63) is 35.9 Å². The van der Waals surface area contributed by atoms with Crippen LogP contribution in [0.15, 0.2) is 30.3 Å². The van der Waals surface area contributed by atoms with Gasteiger partial charge in [-0.15, -0.1) is 0 Å². The average molecular weight is 307 g/mol. The Kier molecular flexibility index (Phi) is 7.99. The number of carbonyl (C=O) groups excluding carboxylic acids is 2. The maximum atomic E-state index is 11.8. The van der Waals surface area contributed by atoms with Gasteiger partial charge in [0.05, 0.1) is 19.3 Å². The summed E-state index contributed by atoms with van der Waals surface area (Å²) in [5, 5.41) is 7.91. The molecule has 0 aliphatic rings. The Bertz CT molecular complexity index is 465. The van der Waals surface area contributed by atoms with E-state index < -0.39 is 6.04 Å². The zero-order valence-corrected chi connectivity index (χ0v) is 13.4. The zero-order valence-electron chi connectivity index (χ0n) is 13.4. The number of benzene rings is 1. The van der Waals surface area contributed by atoms with Gasteiger partial charge in [0, 0.05) is 7.05 Å². The molecule has 1 rings (SSSR count). The fourth-order valence-corrected chi connectivity index (χ4v) is 1.92. The molecule has 0 aliphatic carbocycles. The molecule has 0 aromatic heterocycles. The Balaban J connectivity index is 2.27. The molecule has 1 aromatic rings. The molecule has 3 amide bonds. The minimum atomic E-state index is -0.526. The zero-order chi connectivity index (χ0) is 16.4. The minimum Gasteiger partial charge on any atom is -0.375 e. The summed E-state index contributed by atoms with van der Waals surface area (Å²) < 4.78 is 5.56. The van der Waals surface area contributed by atoms with E-state index >= 15 is 0 Å². The van der Waals surface area contributed by atoms with Crippen LogP contribution in [-0.2, 0) is 16.1 Å². The van der Waals surface area contributed by atoms with E-state index in [1.165, 1.54) is 0 Å². The summed E-state index contributed by atoms with van der Waals surface area (Å²) >= 11 is 0. The highest BCUT2D eigenvalue weighted by molar-refractivity contribution is 5.86. The normalized spacial score (nSPS) is 13.0. The lowest BCUT2D eigenvalue weighted by Crippen LogP contribution is -2.51. The molecule has 1 aromatic carbocycles. The van der Waals surface area contributed by atoms with Gasteiger partial charge in [-0.1, -0.05) is 37.3 Å². The topological polar surface area (TPSA) is 79.5 Å². The quantitative estimate of drug-likeness (QED) is 0.679. The van der Waals surface area contributed by atoms with Gasteiger partial charge in [-0.25, -0.2) is 4.79 Å². The first kappa shape index (κ1) is 18.0. The number of ether oxygens (including phenoxy) is 1. The number of likely N-dealkylation sites (N-methyl/N-ethyl adjacent to an activating group) is 1. The first-order valence-corrected chi connectivity index (χ1v) is 7.47. The van der Waals surface area contributed by atoms with E-state index in [1.807, 2.05) is 44.2 Å². The SMILES string of the molecule is CCC(NC(=O)NC(C)COCc1ccccc1)C(=O)NC. The molecule has 3 N–H and O–H groups in total. The fraction of sp³-hybridized carbons (Fsp3) is 0.500. The third-order valence-corrected chi connectivity index (χ3v) is 3.13. The Labute approximate surface area is 131 Å². The smallest absolute Gasteiger partial charge is 0.315 e. The molecule has 0 radical (unpaired) electrons. The number of amides is 3. The Morgan fingerprint density at radius 1 is 1.18 bits per heavy atom. The lowest BCUT2D eigenvalue weighted by Gasteiger charge is -2.19. The van der Waals surface area contributed by atoms with Crippen LogP contribution in [0, 0.1) is 0 Å². The van der Waals surface area contributed by atoms with Gasteiger partial charge >= 0.3 is 6.03 Å². The van der Waals surface area contributed by atoms with Crippen LogP contribution in [0.5, 0.6) is 0 Å². The molecule has 6 heteroatoms. The van der Waals surface area contributed by atoms with Gasteiger partial charge < -0.3 is 20.7 Å². The van der Waals surface area contributed by atoms with Crippen LogP contribution in [0.25, 0.3) is 0 Å². The molecule has 0 bridgehead atoms. The largest absolute Gasteiger partial charge is 0.375 e. The fourth-order valence-electron chi connectivity index (χ4n) is 1.92. The number of nitrogens with one attached hydrogen (secondary N) is 3. The van der Waals surface area contributed by atoms with E-state index in [0.29, 0.717) is 19.6 Å². The van der Waals surface area contributed by atoms with Gasteiger partial charge in [0.15, 0.2) is 0 Å². The van der Waals surface area contributed by atoms with Crippen molar-refractivity contribution in [2.75, 3.05) is 13.7 Å². The Morgan fingerprint density at radius 3 is 2.45 bits per heavy atom. The molecule has 122 valence electrons. The first-order chi connectivity index (χ1) is 10.6. The maximum Gasteiger partial charge on any atom is 0.315 e. The Morgan fingerprint density at radius 2 is 1.86 bits per heavy atom. The number of hydrogen-bond donors (Lipinski definition) is 3. The van der Waals surface area contributed by atoms with Gasteiger partial charge in [0.25, 0.3) is 0 Å². The third-order valence-electron chi connectivity index (χ3n) is 3.13. The van der Waals surface area contributed by atoms with Crippen LogP contribution < -0.4 is 16.0 Å². The monoisotopic (exact) mass is 307 g/mol. The van der Waals surface area contributed by atoms with Crippen LogP contribution in [0.3, 0.4) is 0 Å². The third kappa shape index (κ3) is 6.58. The summed E-state index contributed by atoms with van der Waals surface area (Å²) in [6.45, 7) is 4.60. The van der Waals surface area contributed by atoms with Crippen molar-refractivity contribution in [3.8, 4) is 0 Å². The van der Waals surface area contributed by atoms with Crippen molar-refractivity contribution in [2.24, 2.45) is 0 Å². The summed E-state index contributed by atoms with van der Waals surface area (Å²) in [4.78, 5) is 23.3. The average Bonchev–Trinajstić information content (AvgIpc) is 2.52. The number of hydrogen-bond acceptors (Lipinski definition) is 3. The van der Waals surface area contributed by atoms with Crippen molar-refractivity contribution in [1.29, 1.82) is 0 Å². The van der Waals surface area contributed by atoms with Gasteiger partial charge in [-0.3, -0.25) is 4.79 Å². The summed E-state index contributed by atoms with van der Waals surface area (Å²) in [5.41, 5.74) is 1.09. The molecule has 0 saturated carbocycles. The van der Waals surface area contributed by atoms with Crippen molar-refractivity contribution >= 4 is 11.9 Å². The second-order valence-corrected chi connectivity index (χ2v) is 5.09. The highest BCUT2D eigenvalue weighted by atomic mass is 16.5. The standard InChI is InChI=1S/C16H25N3O3/c1-4-14(15(20)17-3)19-16(21)18-12(2)10-22-11-13-8-6-5-7-9-13/h5-9,12,14H,4,10-11H2,1-3H3,(H,17,20)(H2,18,19,21). The molecule has 6 nitrogen and oxygen atoms in total. The number of carbonyl (C=O) groups is 2. The maximum absolute atomic E-state index is 11.8. The van der Waals surface area contributed by atoms with E-state index in [-0.39, 0.29) is 18.0 Å². The molecule has 0 saturated heterocycles. The van der Waals surface area contributed by atoms with E-state index in [0.717, 1.165) is 5.56 Å². The van der Waals surface area contributed by atoms with Gasteiger partial charge in [-0.2, -0.15) is 0 Å². The second kappa shape index (κ2) is 9.78. The number of urea groups is 1. The van der Waals surface area contributed by atoms with Crippen LogP contribution in [0.1, 0.15) is 25.8 Å². The predicted octanol–water partition coefficient (Wildman–Crippen LogP) is 1.42. The van der Waals surface area contributed by atoms with Crippen molar-refractivity contribution in [1.82, 2.24) is 16.0 Å². The van der Waals surface area contributed by atoms with Gasteiger partial charge in [0.2, 0.25) is 5.91 Å². The molecule has 0 fully saturated rings. The lowest BCUT2D eigenvalue weighted by atomic mass is 10.2. The highest BCUT2D eigenvalue weighted by Crippen LogP contribution is 2.01. The van der Waals surface area contributed by atoms with E-state index in [9.17, 15) is 9.59 Å². The summed E-state index contributed by atoms with van der Waals surface area (Å²) in [6, 6.07) is 8.79. The highest BCUT2D eigenvalue weighted by Gasteiger charge is 2.18. The molecule has 2 unspecified atom stereocenters. The molecule has 22 heavy (non-hydrogen) atoms. The van der Waals surface area contributed by atoms with E-state index in [4.69, 9.17) is 4.74 Å². The van der Waals surface area contributed by atoms with E-state index in [2.05, 4.69) is 16.0 Å². The molecule has 2 atom stereocenters. The molecule has 0 spiro atoms. The minimum absolute atomic E-state index is 0.147. The van der Waals surface area contributed by atoms with Crippen LogP contribution in [0.4, 0.5) is 4.79 Å². The summed E-state index contributed by atoms with van der Waals surface area (Å²) in [6.07, 6.45) is 0.534. The summed E-state index contributed by atoms with van der Waals surface area (Å²) in [7, 11) is 1.55. The molecular weight excluding hydrogens is 282 g/mol. The van der Waals surface area contributed by atoms with E-state index in [1.54, 1.807) is 7.05 Å². The first-order valence-electron chi connectivity index (χ1n) is 7.47. The lowest BCUT2D eigenvalue weighted by molar-refractivity contribution is -0.122. The summed E-state index contributed by atoms with van der Waals surface area (Å²) in [5.74, 6) is -0.203. The molecular formula is C16H25N3O3. The molecule has 0 heterocycles. The Hall–Kier alpha value is -2.08. The van der Waals surface area contributed by atoms with Crippen LogP contribution in [0.2, 0.25) is 0 Å². The van der Waals surface area contributed by atoms with Crippen molar-refractivity contribution in [2.45, 2.75) is 39.0 Å². The number of rotatable bonds is 8. The second-order valence-electron chi connectivity index (χ2n) is 5.09. The van der Waals surface area contributed by atoms with Crippen molar-refractivity contribution in [3.63, 3.8) is 0 Å².